The van der Waals surface area contributed by atoms with Crippen molar-refractivity contribution < 1.29 is 4.57 Å². The average molecular weight is 737 g/mol. The molecule has 0 bridgehead atoms. The minimum Gasteiger partial charge on any atom is -0.276 e. The third-order valence-corrected chi connectivity index (χ3v) is 12.6. The van der Waals surface area contributed by atoms with Gasteiger partial charge in [-0.2, -0.15) is 8.97 Å². The van der Waals surface area contributed by atoms with Gasteiger partial charge in [0.25, 0.3) is 0 Å². The first-order valence-corrected chi connectivity index (χ1v) is 19.8. The summed E-state index contributed by atoms with van der Waals surface area (Å²) in [7, 11) is 0. The third-order valence-electron chi connectivity index (χ3n) is 12.6. The van der Waals surface area contributed by atoms with Crippen molar-refractivity contribution in [2.75, 3.05) is 0 Å². The molecule has 14 aromatic rings. The highest BCUT2D eigenvalue weighted by atomic mass is 15.1. The Morgan fingerprint density at radius 2 is 0.948 bits per heavy atom. The van der Waals surface area contributed by atoms with Crippen molar-refractivity contribution in [1.29, 1.82) is 0 Å². The quantitative estimate of drug-likeness (QED) is 0.0956. The van der Waals surface area contributed by atoms with Crippen LogP contribution < -0.4 is 4.57 Å². The number of imidazole rings is 2. The van der Waals surface area contributed by atoms with E-state index in [1.54, 1.807) is 0 Å². The Hall–Kier alpha value is -7.89. The van der Waals surface area contributed by atoms with Gasteiger partial charge in [-0.1, -0.05) is 109 Å². The lowest BCUT2D eigenvalue weighted by molar-refractivity contribution is -0.537. The number of pyridine rings is 3. The van der Waals surface area contributed by atoms with Crippen LogP contribution in [0.1, 0.15) is 0 Å². The molecule has 0 atom stereocenters. The molecule has 9 aromatic carbocycles. The van der Waals surface area contributed by atoms with Gasteiger partial charge in [-0.15, -0.1) is 0 Å². The molecule has 0 aliphatic carbocycles. The number of aromatic nitrogens is 5. The maximum Gasteiger partial charge on any atom is 0.300 e. The second kappa shape index (κ2) is 10.9. The molecular formula is C53H30N5+. The molecule has 0 N–H and O–H groups in total. The zero-order valence-electron chi connectivity index (χ0n) is 31.1. The van der Waals surface area contributed by atoms with E-state index in [4.69, 9.17) is 9.97 Å². The maximum atomic E-state index is 5.49. The third kappa shape index (κ3) is 3.87. The molecule has 0 radical (unpaired) electrons. The Morgan fingerprint density at radius 1 is 0.345 bits per heavy atom. The Bertz CT molecular complexity index is 4150. The van der Waals surface area contributed by atoms with Crippen molar-refractivity contribution in [1.82, 2.24) is 18.8 Å². The molecule has 58 heavy (non-hydrogen) atoms. The van der Waals surface area contributed by atoms with Crippen molar-refractivity contribution in [3.63, 3.8) is 0 Å². The number of hydrogen-bond acceptors (Lipinski definition) is 2. The van der Waals surface area contributed by atoms with E-state index in [2.05, 4.69) is 195 Å². The van der Waals surface area contributed by atoms with Crippen LogP contribution in [0.15, 0.2) is 182 Å². The molecule has 5 heterocycles. The minimum atomic E-state index is 0.914. The number of nitrogens with zero attached hydrogens (tertiary/aromatic N) is 5. The smallest absolute Gasteiger partial charge is 0.276 e. The Balaban J connectivity index is 1.15. The van der Waals surface area contributed by atoms with Gasteiger partial charge in [-0.25, -0.2) is 9.97 Å². The van der Waals surface area contributed by atoms with Crippen LogP contribution in [0.4, 0.5) is 0 Å². The van der Waals surface area contributed by atoms with Gasteiger partial charge in [0.1, 0.15) is 22.5 Å². The molecule has 5 heteroatoms. The first-order chi connectivity index (χ1) is 28.8. The molecule has 0 spiro atoms. The van der Waals surface area contributed by atoms with Crippen LogP contribution in [0.5, 0.6) is 0 Å². The molecule has 14 rings (SSSR count). The van der Waals surface area contributed by atoms with Gasteiger partial charge in [-0.3, -0.25) is 4.40 Å². The lowest BCUT2D eigenvalue weighted by Crippen LogP contribution is -2.30. The summed E-state index contributed by atoms with van der Waals surface area (Å²) in [6.45, 7) is 0. The standard InChI is InChI=1S/C53H30N5/c1-2-14-34-30-48-41(28-33(34)13-1)50-38-16-6-4-12-32(38)22-25-40(50)53-56(46-19-9-10-20-47(46)57(48)53)36-23-26-43-35(27-36)29-42-49-37-15-5-3-11-31(37)21-24-39(49)51-55-44-17-7-8-18-45(44)58(51)52(42)54-43/h1-30H/q+1. The van der Waals surface area contributed by atoms with Gasteiger partial charge in [0.2, 0.25) is 0 Å². The van der Waals surface area contributed by atoms with E-state index in [1.165, 1.54) is 59.4 Å². The number of hydrogen-bond donors (Lipinski definition) is 0. The SMILES string of the molecule is c1ccc2cc3c(cc2c1)c1c2ccccc2ccc1c1n3c2ccccc2[n+]1-c1ccc2nc3c(cc2c1)c1c2ccccc2ccc1c1nc2ccccc2n31. The molecule has 5 nitrogen and oxygen atoms in total. The number of benzene rings is 9. The van der Waals surface area contributed by atoms with E-state index in [0.717, 1.165) is 66.4 Å². The van der Waals surface area contributed by atoms with Gasteiger partial charge in [-0.05, 0) is 105 Å². The fourth-order valence-electron chi connectivity index (χ4n) is 10.1. The van der Waals surface area contributed by atoms with Crippen molar-refractivity contribution in [2.45, 2.75) is 0 Å². The fraction of sp³-hybridized carbons (Fsp3) is 0. The highest BCUT2D eigenvalue weighted by Gasteiger charge is 2.28. The van der Waals surface area contributed by atoms with E-state index in [1.807, 2.05) is 0 Å². The predicted molar refractivity (Wildman–Crippen MR) is 241 cm³/mol. The van der Waals surface area contributed by atoms with Crippen molar-refractivity contribution >= 4 is 120 Å². The predicted octanol–water partition coefficient (Wildman–Crippen LogP) is 12.8. The summed E-state index contributed by atoms with van der Waals surface area (Å²) in [6.07, 6.45) is 0. The van der Waals surface area contributed by atoms with Gasteiger partial charge >= 0.3 is 5.65 Å². The first-order valence-electron chi connectivity index (χ1n) is 19.8. The van der Waals surface area contributed by atoms with Gasteiger partial charge in [0, 0.05) is 32.3 Å². The fourth-order valence-corrected chi connectivity index (χ4v) is 10.1. The van der Waals surface area contributed by atoms with Crippen molar-refractivity contribution in [2.24, 2.45) is 0 Å². The van der Waals surface area contributed by atoms with E-state index >= 15 is 0 Å². The normalized spacial score (nSPS) is 12.5. The molecule has 0 aliphatic rings. The van der Waals surface area contributed by atoms with Crippen molar-refractivity contribution in [3.8, 4) is 5.69 Å². The molecule has 5 aromatic heterocycles. The summed E-state index contributed by atoms with van der Waals surface area (Å²) in [5.41, 5.74) is 10.5. The van der Waals surface area contributed by atoms with Crippen molar-refractivity contribution in [3.05, 3.63) is 182 Å². The summed E-state index contributed by atoms with van der Waals surface area (Å²) in [5, 5.41) is 15.6. The Kier molecular flexibility index (Phi) is 5.70. The monoisotopic (exact) mass is 736 g/mol. The van der Waals surface area contributed by atoms with Gasteiger partial charge < -0.3 is 0 Å². The molecule has 0 fully saturated rings. The highest BCUT2D eigenvalue weighted by Crippen LogP contribution is 2.40. The molecule has 0 aliphatic heterocycles. The number of para-hydroxylation sites is 4. The second-order valence-corrected chi connectivity index (χ2v) is 15.6. The first kappa shape index (κ1) is 30.3. The Morgan fingerprint density at radius 3 is 1.76 bits per heavy atom. The van der Waals surface area contributed by atoms with E-state index in [9.17, 15) is 0 Å². The number of fused-ring (bicyclic) bond motifs is 22. The zero-order valence-corrected chi connectivity index (χ0v) is 31.1. The number of rotatable bonds is 1. The zero-order chi connectivity index (χ0) is 37.6. The summed E-state index contributed by atoms with van der Waals surface area (Å²) in [5.74, 6) is 0. The van der Waals surface area contributed by atoms with Gasteiger partial charge in [0.05, 0.1) is 21.9 Å². The summed E-state index contributed by atoms with van der Waals surface area (Å²) in [4.78, 5) is 10.7. The van der Waals surface area contributed by atoms with Crippen LogP contribution in [0.2, 0.25) is 0 Å². The lowest BCUT2D eigenvalue weighted by Gasteiger charge is -2.13. The highest BCUT2D eigenvalue weighted by molar-refractivity contribution is 6.26. The maximum absolute atomic E-state index is 5.49. The van der Waals surface area contributed by atoms with Crippen LogP contribution in [-0.4, -0.2) is 18.8 Å². The molecule has 266 valence electrons. The molecular weight excluding hydrogens is 707 g/mol. The largest absolute Gasteiger partial charge is 0.300 e. The van der Waals surface area contributed by atoms with Crippen LogP contribution in [0, 0.1) is 0 Å². The molecule has 0 saturated carbocycles. The molecule has 0 unspecified atom stereocenters. The van der Waals surface area contributed by atoms with Crippen LogP contribution in [-0.2, 0) is 0 Å². The summed E-state index contributed by atoms with van der Waals surface area (Å²) >= 11 is 0. The van der Waals surface area contributed by atoms with E-state index in [-0.39, 0.29) is 0 Å². The average Bonchev–Trinajstić information content (AvgIpc) is 3.85. The summed E-state index contributed by atoms with van der Waals surface area (Å²) < 4.78 is 7.20. The Labute approximate surface area is 329 Å². The topological polar surface area (TPSA) is 38.5 Å². The summed E-state index contributed by atoms with van der Waals surface area (Å²) in [6, 6.07) is 66.3. The lowest BCUT2D eigenvalue weighted by atomic mass is 9.97. The van der Waals surface area contributed by atoms with Crippen LogP contribution in [0.25, 0.3) is 126 Å². The second-order valence-electron chi connectivity index (χ2n) is 15.6. The van der Waals surface area contributed by atoms with Crippen LogP contribution in [0.3, 0.4) is 0 Å². The van der Waals surface area contributed by atoms with Crippen LogP contribution >= 0.6 is 0 Å². The molecule has 0 amide bonds. The minimum absolute atomic E-state index is 0.914. The van der Waals surface area contributed by atoms with E-state index in [0.29, 0.717) is 0 Å². The van der Waals surface area contributed by atoms with Gasteiger partial charge in [0.15, 0.2) is 11.0 Å². The van der Waals surface area contributed by atoms with E-state index < -0.39 is 0 Å². The molecule has 0 saturated heterocycles.